The van der Waals surface area contributed by atoms with E-state index in [1.54, 1.807) is 4.68 Å². The Morgan fingerprint density at radius 1 is 1.21 bits per heavy atom. The third kappa shape index (κ3) is 4.54. The Labute approximate surface area is 122 Å². The third-order valence-corrected chi connectivity index (χ3v) is 3.11. The van der Waals surface area contributed by atoms with Crippen molar-refractivity contribution in [3.63, 3.8) is 0 Å². The lowest BCUT2D eigenvalue weighted by atomic mass is 10.2. The van der Waals surface area contributed by atoms with E-state index in [9.17, 15) is 0 Å². The van der Waals surface area contributed by atoms with Gasteiger partial charge in [0.25, 0.3) is 0 Å². The minimum Gasteiger partial charge on any atom is -0.359 e. The number of halogens is 1. The Morgan fingerprint density at radius 3 is 2.53 bits per heavy atom. The molecule has 0 unspecified atom stereocenters. The lowest BCUT2D eigenvalue weighted by Gasteiger charge is -2.09. The molecule has 100 valence electrons. The predicted octanol–water partition coefficient (Wildman–Crippen LogP) is 2.24. The Morgan fingerprint density at radius 2 is 1.89 bits per heavy atom. The van der Waals surface area contributed by atoms with E-state index < -0.39 is 0 Å². The van der Waals surface area contributed by atoms with E-state index in [1.807, 2.05) is 43.6 Å². The van der Waals surface area contributed by atoms with Crippen molar-refractivity contribution in [2.45, 2.75) is 13.1 Å². The molecular formula is C13H15ClN4S. The fourth-order valence-electron chi connectivity index (χ4n) is 1.58. The lowest BCUT2D eigenvalue weighted by Crippen LogP contribution is -2.34. The van der Waals surface area contributed by atoms with Crippen LogP contribution in [0, 0.1) is 0 Å². The van der Waals surface area contributed by atoms with E-state index in [-0.39, 0.29) is 0 Å². The summed E-state index contributed by atoms with van der Waals surface area (Å²) in [5.41, 5.74) is 2.09. The summed E-state index contributed by atoms with van der Waals surface area (Å²) in [6.07, 6.45) is 1.90. The highest BCUT2D eigenvalue weighted by Crippen LogP contribution is 2.08. The van der Waals surface area contributed by atoms with Crippen molar-refractivity contribution in [3.8, 4) is 0 Å². The summed E-state index contributed by atoms with van der Waals surface area (Å²) in [6.45, 7) is 1.29. The van der Waals surface area contributed by atoms with Crippen LogP contribution in [0.15, 0.2) is 36.5 Å². The maximum Gasteiger partial charge on any atom is 0.166 e. The van der Waals surface area contributed by atoms with E-state index in [1.165, 1.54) is 0 Å². The summed E-state index contributed by atoms with van der Waals surface area (Å²) in [4.78, 5) is 0. The van der Waals surface area contributed by atoms with Crippen molar-refractivity contribution in [3.05, 3.63) is 52.8 Å². The highest BCUT2D eigenvalue weighted by Gasteiger charge is 1.99. The molecule has 0 fully saturated rings. The fourth-order valence-corrected chi connectivity index (χ4v) is 1.85. The molecule has 1 aromatic heterocycles. The zero-order valence-corrected chi connectivity index (χ0v) is 12.1. The van der Waals surface area contributed by atoms with Gasteiger partial charge in [0.05, 0.1) is 12.2 Å². The second-order valence-corrected chi connectivity index (χ2v) is 4.99. The molecule has 0 aliphatic heterocycles. The second kappa shape index (κ2) is 6.54. The van der Waals surface area contributed by atoms with Crippen LogP contribution in [-0.2, 0) is 20.1 Å². The van der Waals surface area contributed by atoms with Gasteiger partial charge in [-0.2, -0.15) is 5.10 Å². The third-order valence-electron chi connectivity index (χ3n) is 2.57. The quantitative estimate of drug-likeness (QED) is 0.849. The monoisotopic (exact) mass is 294 g/mol. The molecule has 6 heteroatoms. The first-order valence-corrected chi connectivity index (χ1v) is 6.67. The first kappa shape index (κ1) is 13.8. The summed E-state index contributed by atoms with van der Waals surface area (Å²) in [7, 11) is 1.89. The summed E-state index contributed by atoms with van der Waals surface area (Å²) in [5.74, 6) is 0. The number of aryl methyl sites for hydroxylation is 1. The summed E-state index contributed by atoms with van der Waals surface area (Å²) in [6, 6.07) is 9.62. The number of hydrogen-bond acceptors (Lipinski definition) is 2. The van der Waals surface area contributed by atoms with Crippen LogP contribution >= 0.6 is 23.8 Å². The molecule has 2 N–H and O–H groups in total. The average molecular weight is 295 g/mol. The van der Waals surface area contributed by atoms with Crippen LogP contribution in [0.3, 0.4) is 0 Å². The maximum absolute atomic E-state index is 5.83. The van der Waals surface area contributed by atoms with Gasteiger partial charge in [0.2, 0.25) is 0 Å². The molecule has 0 aliphatic rings. The molecule has 0 saturated heterocycles. The van der Waals surface area contributed by atoms with Crippen LogP contribution in [-0.4, -0.2) is 14.9 Å². The fraction of sp³-hybridized carbons (Fsp3) is 0.231. The summed E-state index contributed by atoms with van der Waals surface area (Å²) >= 11 is 11.0. The van der Waals surface area contributed by atoms with Crippen molar-refractivity contribution >= 4 is 28.9 Å². The van der Waals surface area contributed by atoms with E-state index in [4.69, 9.17) is 23.8 Å². The molecule has 2 aromatic rings. The maximum atomic E-state index is 5.83. The van der Waals surface area contributed by atoms with E-state index >= 15 is 0 Å². The van der Waals surface area contributed by atoms with Crippen LogP contribution in [0.4, 0.5) is 0 Å². The Kier molecular flexibility index (Phi) is 4.76. The number of nitrogens with zero attached hydrogens (tertiary/aromatic N) is 2. The Balaban J connectivity index is 1.74. The van der Waals surface area contributed by atoms with E-state index in [0.717, 1.165) is 16.3 Å². The SMILES string of the molecule is Cn1ccc(CNC(=S)NCc2ccc(Cl)cc2)n1. The van der Waals surface area contributed by atoms with Gasteiger partial charge in [0.15, 0.2) is 5.11 Å². The molecule has 0 atom stereocenters. The minimum atomic E-state index is 0.612. The second-order valence-electron chi connectivity index (χ2n) is 4.14. The molecule has 0 amide bonds. The molecule has 19 heavy (non-hydrogen) atoms. The van der Waals surface area contributed by atoms with Crippen LogP contribution in [0.1, 0.15) is 11.3 Å². The first-order chi connectivity index (χ1) is 9.13. The van der Waals surface area contributed by atoms with Gasteiger partial charge in [-0.15, -0.1) is 0 Å². The standard InChI is InChI=1S/C13H15ClN4S/c1-18-7-6-12(17-18)9-16-13(19)15-8-10-2-4-11(14)5-3-10/h2-7H,8-9H2,1H3,(H2,15,16,19). The Bertz CT molecular complexity index is 550. The summed E-state index contributed by atoms with van der Waals surface area (Å²) in [5, 5.41) is 11.9. The number of hydrogen-bond donors (Lipinski definition) is 2. The van der Waals surface area contributed by atoms with Crippen molar-refractivity contribution < 1.29 is 0 Å². The highest BCUT2D eigenvalue weighted by molar-refractivity contribution is 7.80. The zero-order chi connectivity index (χ0) is 13.7. The first-order valence-electron chi connectivity index (χ1n) is 5.88. The molecule has 0 radical (unpaired) electrons. The highest BCUT2D eigenvalue weighted by atomic mass is 35.5. The number of rotatable bonds is 4. The molecule has 1 heterocycles. The van der Waals surface area contributed by atoms with Crippen molar-refractivity contribution in [1.29, 1.82) is 0 Å². The lowest BCUT2D eigenvalue weighted by molar-refractivity contribution is 0.725. The van der Waals surface area contributed by atoms with Crippen molar-refractivity contribution in [2.75, 3.05) is 0 Å². The van der Waals surface area contributed by atoms with Gasteiger partial charge in [-0.1, -0.05) is 23.7 Å². The molecule has 2 rings (SSSR count). The van der Waals surface area contributed by atoms with E-state index in [2.05, 4.69) is 15.7 Å². The zero-order valence-electron chi connectivity index (χ0n) is 10.6. The van der Waals surface area contributed by atoms with Crippen molar-refractivity contribution in [2.24, 2.45) is 7.05 Å². The smallest absolute Gasteiger partial charge is 0.166 e. The minimum absolute atomic E-state index is 0.612. The normalized spacial score (nSPS) is 10.2. The number of aromatic nitrogens is 2. The van der Waals surface area contributed by atoms with Crippen LogP contribution in [0.5, 0.6) is 0 Å². The van der Waals surface area contributed by atoms with Crippen molar-refractivity contribution in [1.82, 2.24) is 20.4 Å². The van der Waals surface area contributed by atoms with Crippen LogP contribution < -0.4 is 10.6 Å². The van der Waals surface area contributed by atoms with Gasteiger partial charge in [0, 0.05) is 24.8 Å². The number of thiocarbonyl (C=S) groups is 1. The molecule has 4 nitrogen and oxygen atoms in total. The predicted molar refractivity (Wildman–Crippen MR) is 80.9 cm³/mol. The summed E-state index contributed by atoms with van der Waals surface area (Å²) < 4.78 is 1.77. The van der Waals surface area contributed by atoms with Gasteiger partial charge in [-0.05, 0) is 36.0 Å². The molecule has 0 spiro atoms. The molecule has 0 saturated carbocycles. The van der Waals surface area contributed by atoms with Gasteiger partial charge < -0.3 is 10.6 Å². The largest absolute Gasteiger partial charge is 0.359 e. The van der Waals surface area contributed by atoms with Crippen LogP contribution in [0.2, 0.25) is 5.02 Å². The number of nitrogens with one attached hydrogen (secondary N) is 2. The average Bonchev–Trinajstić information content (AvgIpc) is 2.81. The van der Waals surface area contributed by atoms with Gasteiger partial charge >= 0.3 is 0 Å². The van der Waals surface area contributed by atoms with Gasteiger partial charge in [-0.25, -0.2) is 0 Å². The molecule has 1 aromatic carbocycles. The van der Waals surface area contributed by atoms with Gasteiger partial charge in [-0.3, -0.25) is 4.68 Å². The molecular weight excluding hydrogens is 280 g/mol. The number of benzene rings is 1. The molecule has 0 aliphatic carbocycles. The Hall–Kier alpha value is -1.59. The molecule has 0 bridgehead atoms. The van der Waals surface area contributed by atoms with Gasteiger partial charge in [0.1, 0.15) is 0 Å². The topological polar surface area (TPSA) is 41.9 Å². The van der Waals surface area contributed by atoms with Crippen LogP contribution in [0.25, 0.3) is 0 Å². The van der Waals surface area contributed by atoms with E-state index in [0.29, 0.717) is 18.2 Å².